The topological polar surface area (TPSA) is 54.9 Å². The molecule has 0 bridgehead atoms. The average molecular weight is 325 g/mol. The van der Waals surface area contributed by atoms with Crippen LogP contribution in [0.4, 0.5) is 0 Å². The number of aromatic nitrogens is 2. The van der Waals surface area contributed by atoms with E-state index < -0.39 is 5.69 Å². The SMILES string of the molecule is CCSCC(C)n1c(=O)[nH]c(Cl)c(-c2ccccc2)c1=O. The third-order valence-corrected chi connectivity index (χ3v) is 4.56. The molecule has 0 spiro atoms. The molecule has 112 valence electrons. The van der Waals surface area contributed by atoms with Crippen LogP contribution in [-0.4, -0.2) is 21.1 Å². The summed E-state index contributed by atoms with van der Waals surface area (Å²) < 4.78 is 1.25. The highest BCUT2D eigenvalue weighted by Gasteiger charge is 2.17. The fourth-order valence-corrected chi connectivity index (χ4v) is 3.14. The second-order valence-electron chi connectivity index (χ2n) is 4.67. The maximum Gasteiger partial charge on any atom is 0.329 e. The maximum absolute atomic E-state index is 12.7. The molecule has 0 radical (unpaired) electrons. The molecule has 0 fully saturated rings. The van der Waals surface area contributed by atoms with E-state index in [4.69, 9.17) is 11.6 Å². The Balaban J connectivity index is 2.59. The van der Waals surface area contributed by atoms with Crippen molar-refractivity contribution in [2.45, 2.75) is 19.9 Å². The van der Waals surface area contributed by atoms with Crippen LogP contribution in [0.25, 0.3) is 11.1 Å². The van der Waals surface area contributed by atoms with Crippen LogP contribution in [-0.2, 0) is 0 Å². The van der Waals surface area contributed by atoms with Crippen LogP contribution in [0.3, 0.4) is 0 Å². The van der Waals surface area contributed by atoms with Gasteiger partial charge in [-0.1, -0.05) is 48.9 Å². The van der Waals surface area contributed by atoms with Crippen molar-refractivity contribution in [2.75, 3.05) is 11.5 Å². The molecule has 6 heteroatoms. The van der Waals surface area contributed by atoms with Gasteiger partial charge in [0.15, 0.2) is 0 Å². The first kappa shape index (κ1) is 15.9. The van der Waals surface area contributed by atoms with E-state index in [-0.39, 0.29) is 16.8 Å². The molecule has 0 saturated carbocycles. The zero-order chi connectivity index (χ0) is 15.4. The van der Waals surface area contributed by atoms with Crippen molar-refractivity contribution in [3.05, 3.63) is 56.3 Å². The molecule has 0 aliphatic heterocycles. The monoisotopic (exact) mass is 324 g/mol. The summed E-state index contributed by atoms with van der Waals surface area (Å²) in [5, 5.41) is 0.0859. The molecule has 0 amide bonds. The number of rotatable bonds is 5. The number of halogens is 1. The molecule has 0 aliphatic rings. The van der Waals surface area contributed by atoms with Gasteiger partial charge in [0, 0.05) is 11.8 Å². The van der Waals surface area contributed by atoms with Crippen LogP contribution in [0.1, 0.15) is 19.9 Å². The van der Waals surface area contributed by atoms with Crippen LogP contribution in [0.2, 0.25) is 5.15 Å². The Hall–Kier alpha value is -1.46. The lowest BCUT2D eigenvalue weighted by Gasteiger charge is -2.15. The van der Waals surface area contributed by atoms with Gasteiger partial charge in [0.1, 0.15) is 5.15 Å². The molecule has 1 N–H and O–H groups in total. The Morgan fingerprint density at radius 2 is 1.95 bits per heavy atom. The molecule has 0 saturated heterocycles. The number of hydrogen-bond donors (Lipinski definition) is 1. The van der Waals surface area contributed by atoms with Gasteiger partial charge in [-0.05, 0) is 18.2 Å². The van der Waals surface area contributed by atoms with Gasteiger partial charge in [0.05, 0.1) is 5.56 Å². The molecule has 1 aromatic heterocycles. The molecular weight excluding hydrogens is 308 g/mol. The Morgan fingerprint density at radius 3 is 2.57 bits per heavy atom. The van der Waals surface area contributed by atoms with Gasteiger partial charge in [0.25, 0.3) is 5.56 Å². The van der Waals surface area contributed by atoms with Gasteiger partial charge in [-0.2, -0.15) is 11.8 Å². The van der Waals surface area contributed by atoms with Crippen LogP contribution in [0.5, 0.6) is 0 Å². The molecule has 1 atom stereocenters. The van der Waals surface area contributed by atoms with Gasteiger partial charge >= 0.3 is 5.69 Å². The van der Waals surface area contributed by atoms with Crippen molar-refractivity contribution in [2.24, 2.45) is 0 Å². The van der Waals surface area contributed by atoms with Gasteiger partial charge in [-0.3, -0.25) is 14.3 Å². The zero-order valence-corrected chi connectivity index (χ0v) is 13.5. The highest BCUT2D eigenvalue weighted by Crippen LogP contribution is 2.21. The Morgan fingerprint density at radius 1 is 1.29 bits per heavy atom. The number of thioether (sulfide) groups is 1. The van der Waals surface area contributed by atoms with Gasteiger partial charge < -0.3 is 0 Å². The molecule has 1 unspecified atom stereocenters. The molecule has 0 aliphatic carbocycles. The van der Waals surface area contributed by atoms with E-state index in [1.807, 2.05) is 32.0 Å². The zero-order valence-electron chi connectivity index (χ0n) is 11.9. The van der Waals surface area contributed by atoms with Crippen molar-refractivity contribution in [1.82, 2.24) is 9.55 Å². The highest BCUT2D eigenvalue weighted by molar-refractivity contribution is 7.99. The van der Waals surface area contributed by atoms with Crippen LogP contribution >= 0.6 is 23.4 Å². The largest absolute Gasteiger partial charge is 0.329 e. The molecule has 2 aromatic rings. The van der Waals surface area contributed by atoms with E-state index >= 15 is 0 Å². The highest BCUT2D eigenvalue weighted by atomic mass is 35.5. The van der Waals surface area contributed by atoms with Gasteiger partial charge in [-0.15, -0.1) is 0 Å². The number of H-pyrrole nitrogens is 1. The number of nitrogens with one attached hydrogen (secondary N) is 1. The summed E-state index contributed by atoms with van der Waals surface area (Å²) in [6, 6.07) is 8.94. The van der Waals surface area contributed by atoms with Crippen molar-refractivity contribution >= 4 is 23.4 Å². The number of aromatic amines is 1. The van der Waals surface area contributed by atoms with Gasteiger partial charge in [-0.25, -0.2) is 4.79 Å². The fourth-order valence-electron chi connectivity index (χ4n) is 2.14. The lowest BCUT2D eigenvalue weighted by Crippen LogP contribution is -2.39. The average Bonchev–Trinajstić information content (AvgIpc) is 2.45. The molecule has 2 rings (SSSR count). The van der Waals surface area contributed by atoms with Crippen molar-refractivity contribution < 1.29 is 0 Å². The van der Waals surface area contributed by atoms with Crippen molar-refractivity contribution in [3.8, 4) is 11.1 Å². The summed E-state index contributed by atoms with van der Waals surface area (Å²) in [6.07, 6.45) is 0. The third kappa shape index (κ3) is 3.41. The van der Waals surface area contributed by atoms with Crippen LogP contribution in [0, 0.1) is 0 Å². The Labute approximate surface area is 132 Å². The number of nitrogens with zero attached hydrogens (tertiary/aromatic N) is 1. The first-order chi connectivity index (χ1) is 10.1. The van der Waals surface area contributed by atoms with Crippen LogP contribution < -0.4 is 11.2 Å². The van der Waals surface area contributed by atoms with Crippen molar-refractivity contribution in [3.63, 3.8) is 0 Å². The fraction of sp³-hybridized carbons (Fsp3) is 0.333. The second-order valence-corrected chi connectivity index (χ2v) is 6.37. The summed E-state index contributed by atoms with van der Waals surface area (Å²) >= 11 is 7.77. The number of benzene rings is 1. The summed E-state index contributed by atoms with van der Waals surface area (Å²) in [6.45, 7) is 3.91. The van der Waals surface area contributed by atoms with E-state index in [1.54, 1.807) is 23.9 Å². The second kappa shape index (κ2) is 7.00. The van der Waals surface area contributed by atoms with Crippen LogP contribution in [0.15, 0.2) is 39.9 Å². The molecule has 1 aromatic carbocycles. The minimum Gasteiger partial charge on any atom is -0.297 e. The van der Waals surface area contributed by atoms with E-state index in [9.17, 15) is 9.59 Å². The summed E-state index contributed by atoms with van der Waals surface area (Å²) in [7, 11) is 0. The molecule has 1 heterocycles. The predicted molar refractivity (Wildman–Crippen MR) is 89.5 cm³/mol. The third-order valence-electron chi connectivity index (χ3n) is 3.15. The predicted octanol–water partition coefficient (Wildman–Crippen LogP) is 3.17. The quantitative estimate of drug-likeness (QED) is 0.859. The van der Waals surface area contributed by atoms with Crippen molar-refractivity contribution in [1.29, 1.82) is 0 Å². The van der Waals surface area contributed by atoms with E-state index in [0.717, 1.165) is 5.75 Å². The summed E-state index contributed by atoms with van der Waals surface area (Å²) in [5.41, 5.74) is 0.228. The number of hydrogen-bond acceptors (Lipinski definition) is 3. The minimum absolute atomic E-state index is 0.0859. The first-order valence-electron chi connectivity index (χ1n) is 6.73. The lowest BCUT2D eigenvalue weighted by atomic mass is 10.1. The van der Waals surface area contributed by atoms with E-state index in [2.05, 4.69) is 4.98 Å². The molecule has 4 nitrogen and oxygen atoms in total. The van der Waals surface area contributed by atoms with Gasteiger partial charge in [0.2, 0.25) is 0 Å². The Bertz CT molecular complexity index is 725. The summed E-state index contributed by atoms with van der Waals surface area (Å²) in [5.74, 6) is 1.64. The van der Waals surface area contributed by atoms with E-state index in [0.29, 0.717) is 16.9 Å². The Kier molecular flexibility index (Phi) is 5.31. The lowest BCUT2D eigenvalue weighted by molar-refractivity contribution is 0.555. The standard InChI is InChI=1S/C15H17ClN2O2S/c1-3-21-9-10(2)18-14(19)12(13(16)17-15(18)20)11-7-5-4-6-8-11/h4-8,10H,3,9H2,1-2H3,(H,17,20). The molecule has 21 heavy (non-hydrogen) atoms. The minimum atomic E-state index is -0.464. The smallest absolute Gasteiger partial charge is 0.297 e. The normalized spacial score (nSPS) is 12.3. The maximum atomic E-state index is 12.7. The summed E-state index contributed by atoms with van der Waals surface area (Å²) in [4.78, 5) is 27.3. The first-order valence-corrected chi connectivity index (χ1v) is 8.27. The molecular formula is C15H17ClN2O2S. The van der Waals surface area contributed by atoms with E-state index in [1.165, 1.54) is 4.57 Å².